The van der Waals surface area contributed by atoms with Crippen molar-refractivity contribution in [1.29, 1.82) is 0 Å². The van der Waals surface area contributed by atoms with E-state index in [1.54, 1.807) is 37.4 Å². The van der Waals surface area contributed by atoms with E-state index < -0.39 is 0 Å². The zero-order valence-electron chi connectivity index (χ0n) is 18.9. The molecule has 0 bridgehead atoms. The summed E-state index contributed by atoms with van der Waals surface area (Å²) in [4.78, 5) is 18.1. The third-order valence-electron chi connectivity index (χ3n) is 5.12. The number of allylic oxidation sites excluding steroid dienone is 1. The highest BCUT2D eigenvalue weighted by Crippen LogP contribution is 2.34. The van der Waals surface area contributed by atoms with Gasteiger partial charge in [0.1, 0.15) is 12.1 Å². The number of nitrogens with zero attached hydrogens (tertiary/aromatic N) is 4. The number of hydrogen-bond donors (Lipinski definition) is 3. The van der Waals surface area contributed by atoms with E-state index in [2.05, 4.69) is 57.2 Å². The average Bonchev–Trinajstić information content (AvgIpc) is 2.82. The fourth-order valence-electron chi connectivity index (χ4n) is 3.20. The molecule has 166 valence electrons. The Morgan fingerprint density at radius 2 is 2.09 bits per heavy atom. The minimum atomic E-state index is 0.281. The predicted octanol–water partition coefficient (Wildman–Crippen LogP) is 5.64. The molecular formula is C24H29N7S. The first kappa shape index (κ1) is 23.3. The van der Waals surface area contributed by atoms with Crippen molar-refractivity contribution >= 4 is 64.2 Å². The highest BCUT2D eigenvalue weighted by Gasteiger charge is 2.14. The summed E-state index contributed by atoms with van der Waals surface area (Å²) in [5, 5.41) is 7.89. The summed E-state index contributed by atoms with van der Waals surface area (Å²) in [6.45, 7) is 7.92. The Kier molecular flexibility index (Phi) is 7.83. The molecule has 3 rings (SSSR count). The fraction of sp³-hybridized carbons (Fsp3) is 0.250. The molecule has 1 unspecified atom stereocenters. The lowest BCUT2D eigenvalue weighted by Crippen LogP contribution is -2.15. The summed E-state index contributed by atoms with van der Waals surface area (Å²) in [6, 6.07) is 10.3. The Hall–Kier alpha value is -3.39. The van der Waals surface area contributed by atoms with Crippen LogP contribution in [0.3, 0.4) is 0 Å². The van der Waals surface area contributed by atoms with Crippen LogP contribution in [0.1, 0.15) is 25.8 Å². The second-order valence-corrected chi connectivity index (χ2v) is 8.14. The van der Waals surface area contributed by atoms with Gasteiger partial charge in [0.15, 0.2) is 0 Å². The lowest BCUT2D eigenvalue weighted by molar-refractivity contribution is 0.764. The summed E-state index contributed by atoms with van der Waals surface area (Å²) < 4.78 is 0. The van der Waals surface area contributed by atoms with Gasteiger partial charge in [0, 0.05) is 52.2 Å². The van der Waals surface area contributed by atoms with Crippen LogP contribution in [0.15, 0.2) is 57.6 Å². The van der Waals surface area contributed by atoms with Gasteiger partial charge in [-0.05, 0) is 62.7 Å². The molecule has 0 fully saturated rings. The van der Waals surface area contributed by atoms with E-state index in [-0.39, 0.29) is 6.04 Å². The summed E-state index contributed by atoms with van der Waals surface area (Å²) >= 11 is 1.62. The molecule has 1 aromatic heterocycles. The molecule has 7 nitrogen and oxygen atoms in total. The third-order valence-corrected chi connectivity index (χ3v) is 5.88. The Morgan fingerprint density at radius 3 is 2.78 bits per heavy atom. The average molecular weight is 448 g/mol. The number of thioether (sulfide) groups is 1. The van der Waals surface area contributed by atoms with Gasteiger partial charge in [0.05, 0.1) is 11.2 Å². The van der Waals surface area contributed by atoms with Gasteiger partial charge in [-0.15, -0.1) is 11.8 Å². The van der Waals surface area contributed by atoms with Crippen LogP contribution in [0.2, 0.25) is 0 Å². The van der Waals surface area contributed by atoms with Crippen LogP contribution in [0.4, 0.5) is 22.9 Å². The van der Waals surface area contributed by atoms with E-state index in [0.29, 0.717) is 5.70 Å². The SMILES string of the molecule is C=Nc1ccc(Nc2ncnc3cc(/C(N)=C/C=NC)c(NC(C)CC)cc23)cc1SC. The lowest BCUT2D eigenvalue weighted by atomic mass is 10.0. The highest BCUT2D eigenvalue weighted by atomic mass is 32.2. The van der Waals surface area contributed by atoms with Crippen LogP contribution in [0.5, 0.6) is 0 Å². The number of hydrogen-bond acceptors (Lipinski definition) is 8. The van der Waals surface area contributed by atoms with Crippen LogP contribution in [0.25, 0.3) is 16.6 Å². The maximum Gasteiger partial charge on any atom is 0.141 e. The summed E-state index contributed by atoms with van der Waals surface area (Å²) in [7, 11) is 1.72. The second kappa shape index (κ2) is 10.8. The van der Waals surface area contributed by atoms with E-state index >= 15 is 0 Å². The highest BCUT2D eigenvalue weighted by molar-refractivity contribution is 7.98. The molecule has 8 heteroatoms. The zero-order valence-corrected chi connectivity index (χ0v) is 19.7. The first-order chi connectivity index (χ1) is 15.5. The molecule has 1 heterocycles. The van der Waals surface area contributed by atoms with Crippen molar-refractivity contribution in [3.63, 3.8) is 0 Å². The maximum atomic E-state index is 6.37. The molecule has 3 aromatic rings. The van der Waals surface area contributed by atoms with Crippen LogP contribution in [-0.4, -0.2) is 42.2 Å². The summed E-state index contributed by atoms with van der Waals surface area (Å²) in [5.41, 5.74) is 11.4. The zero-order chi connectivity index (χ0) is 23.1. The minimum absolute atomic E-state index is 0.281. The van der Waals surface area contributed by atoms with Crippen molar-refractivity contribution in [2.45, 2.75) is 31.2 Å². The molecule has 2 aromatic carbocycles. The molecule has 0 amide bonds. The first-order valence-corrected chi connectivity index (χ1v) is 11.6. The van der Waals surface area contributed by atoms with Crippen molar-refractivity contribution in [2.24, 2.45) is 15.7 Å². The van der Waals surface area contributed by atoms with Crippen LogP contribution < -0.4 is 16.4 Å². The fourth-order valence-corrected chi connectivity index (χ4v) is 3.78. The number of benzene rings is 2. The maximum absolute atomic E-state index is 6.37. The Balaban J connectivity index is 2.11. The number of aromatic nitrogens is 2. The molecule has 1 atom stereocenters. The van der Waals surface area contributed by atoms with E-state index in [4.69, 9.17) is 5.73 Å². The molecule has 4 N–H and O–H groups in total. The van der Waals surface area contributed by atoms with E-state index in [1.165, 1.54) is 0 Å². The Morgan fingerprint density at radius 1 is 1.28 bits per heavy atom. The largest absolute Gasteiger partial charge is 0.398 e. The molecule has 0 aliphatic carbocycles. The quantitative estimate of drug-likeness (QED) is 0.290. The van der Waals surface area contributed by atoms with Gasteiger partial charge in [-0.1, -0.05) is 6.92 Å². The van der Waals surface area contributed by atoms with Crippen LogP contribution in [0, 0.1) is 0 Å². The number of nitrogens with one attached hydrogen (secondary N) is 2. The minimum Gasteiger partial charge on any atom is -0.398 e. The third kappa shape index (κ3) is 5.26. The molecule has 0 saturated heterocycles. The van der Waals surface area contributed by atoms with E-state index in [0.717, 1.165) is 50.7 Å². The van der Waals surface area contributed by atoms with Gasteiger partial charge in [0.2, 0.25) is 0 Å². The number of nitrogens with two attached hydrogens (primary N) is 1. The lowest BCUT2D eigenvalue weighted by Gasteiger charge is -2.19. The topological polar surface area (TPSA) is 101 Å². The molecule has 32 heavy (non-hydrogen) atoms. The van der Waals surface area contributed by atoms with Gasteiger partial charge in [-0.25, -0.2) is 9.97 Å². The number of aliphatic imine (C=N–C) groups is 2. The number of anilines is 3. The van der Waals surface area contributed by atoms with Gasteiger partial charge < -0.3 is 16.4 Å². The molecule has 0 aliphatic heterocycles. The van der Waals surface area contributed by atoms with Crippen molar-refractivity contribution in [3.8, 4) is 0 Å². The van der Waals surface area contributed by atoms with Gasteiger partial charge in [-0.3, -0.25) is 9.98 Å². The molecule has 0 radical (unpaired) electrons. The molecule has 0 aliphatic rings. The molecular weight excluding hydrogens is 418 g/mol. The van der Waals surface area contributed by atoms with Crippen molar-refractivity contribution in [1.82, 2.24) is 9.97 Å². The van der Waals surface area contributed by atoms with Crippen molar-refractivity contribution < 1.29 is 0 Å². The predicted molar refractivity (Wildman–Crippen MR) is 140 cm³/mol. The smallest absolute Gasteiger partial charge is 0.141 e. The normalized spacial score (nSPS) is 12.8. The molecule has 0 saturated carbocycles. The number of rotatable bonds is 9. The van der Waals surface area contributed by atoms with Crippen LogP contribution in [-0.2, 0) is 0 Å². The second-order valence-electron chi connectivity index (χ2n) is 7.29. The van der Waals surface area contributed by atoms with Gasteiger partial charge in [0.25, 0.3) is 0 Å². The summed E-state index contributed by atoms with van der Waals surface area (Å²) in [5.74, 6) is 0.720. The van der Waals surface area contributed by atoms with Gasteiger partial charge in [-0.2, -0.15) is 0 Å². The first-order valence-electron chi connectivity index (χ1n) is 10.4. The van der Waals surface area contributed by atoms with Crippen molar-refractivity contribution in [3.05, 3.63) is 48.3 Å². The Labute approximate surface area is 193 Å². The van der Waals surface area contributed by atoms with Crippen molar-refractivity contribution in [2.75, 3.05) is 23.9 Å². The number of fused-ring (bicyclic) bond motifs is 1. The van der Waals surface area contributed by atoms with E-state index in [1.807, 2.05) is 30.5 Å². The monoisotopic (exact) mass is 447 g/mol. The van der Waals surface area contributed by atoms with Gasteiger partial charge >= 0.3 is 0 Å². The van der Waals surface area contributed by atoms with Crippen LogP contribution >= 0.6 is 11.8 Å². The van der Waals surface area contributed by atoms with E-state index in [9.17, 15) is 0 Å². The molecule has 0 spiro atoms. The summed E-state index contributed by atoms with van der Waals surface area (Å²) in [6.07, 6.45) is 8.03. The Bertz CT molecular complexity index is 1170. The standard InChI is InChI=1S/C24H29N7S/c1-6-15(2)30-22-13-18-21(12-17(22)19(25)9-10-26-3)28-14-29-24(18)31-16-7-8-20(27-4)23(11-16)32-5/h7-15,30H,4,6,25H2,1-3,5H3,(H,28,29,31)/b19-9-,26-10?.